The summed E-state index contributed by atoms with van der Waals surface area (Å²) in [5.74, 6) is -0.692. The van der Waals surface area contributed by atoms with Gasteiger partial charge in [-0.2, -0.15) is 0 Å². The molecule has 1 saturated heterocycles. The molecule has 3 aromatic carbocycles. The first-order valence-corrected chi connectivity index (χ1v) is 14.0. The summed E-state index contributed by atoms with van der Waals surface area (Å²) in [7, 11) is 1.82. The fourth-order valence-electron chi connectivity index (χ4n) is 5.40. The zero-order valence-electron chi connectivity index (χ0n) is 23.4. The summed E-state index contributed by atoms with van der Waals surface area (Å²) in [5, 5.41) is 26.5. The van der Waals surface area contributed by atoms with Crippen molar-refractivity contribution in [2.24, 2.45) is 7.05 Å². The van der Waals surface area contributed by atoms with E-state index in [2.05, 4.69) is 26.3 Å². The van der Waals surface area contributed by atoms with E-state index in [1.807, 2.05) is 85.9 Å². The molecule has 42 heavy (non-hydrogen) atoms. The molecular formula is C31H35N7O4. The lowest BCUT2D eigenvalue weighted by atomic mass is 10.0. The largest absolute Gasteiger partial charge is 0.465 e. The van der Waals surface area contributed by atoms with Gasteiger partial charge in [-0.25, -0.2) is 9.48 Å². The molecule has 0 bridgehead atoms. The average molecular weight is 570 g/mol. The SMILES string of the molecule is Cn1nnc2cc(CNC(=O)[C@@H]3C[C@H](NCc4ccccc4)CN3C(=O)[C@@H](CCc3ccccc3)NC(=O)O)ccc21. The van der Waals surface area contributed by atoms with Gasteiger partial charge >= 0.3 is 6.09 Å². The second-order valence-electron chi connectivity index (χ2n) is 10.6. The van der Waals surface area contributed by atoms with Crippen LogP contribution < -0.4 is 16.0 Å². The van der Waals surface area contributed by atoms with Crippen molar-refractivity contribution in [3.05, 3.63) is 95.6 Å². The number of likely N-dealkylation sites (tertiary alicyclic amines) is 1. The van der Waals surface area contributed by atoms with Gasteiger partial charge in [-0.15, -0.1) is 5.10 Å². The highest BCUT2D eigenvalue weighted by molar-refractivity contribution is 5.92. The maximum atomic E-state index is 13.8. The maximum absolute atomic E-state index is 13.8. The molecule has 0 saturated carbocycles. The number of rotatable bonds is 11. The highest BCUT2D eigenvalue weighted by Crippen LogP contribution is 2.22. The third-order valence-corrected chi connectivity index (χ3v) is 7.63. The summed E-state index contributed by atoms with van der Waals surface area (Å²) in [6.45, 7) is 1.14. The van der Waals surface area contributed by atoms with E-state index in [0.717, 1.165) is 27.7 Å². The maximum Gasteiger partial charge on any atom is 0.405 e. The van der Waals surface area contributed by atoms with Crippen LogP contribution in [-0.4, -0.2) is 67.6 Å². The van der Waals surface area contributed by atoms with Crippen molar-refractivity contribution in [2.45, 2.75) is 50.5 Å². The van der Waals surface area contributed by atoms with Gasteiger partial charge < -0.3 is 26.0 Å². The number of hydrogen-bond donors (Lipinski definition) is 4. The lowest BCUT2D eigenvalue weighted by Gasteiger charge is -2.28. The number of nitrogens with zero attached hydrogens (tertiary/aromatic N) is 4. The average Bonchev–Trinajstić information content (AvgIpc) is 3.61. The van der Waals surface area contributed by atoms with Crippen LogP contribution >= 0.6 is 0 Å². The molecule has 0 aliphatic carbocycles. The van der Waals surface area contributed by atoms with Gasteiger partial charge in [-0.3, -0.25) is 9.59 Å². The molecule has 11 nitrogen and oxygen atoms in total. The van der Waals surface area contributed by atoms with E-state index in [1.165, 1.54) is 4.90 Å². The predicted molar refractivity (Wildman–Crippen MR) is 157 cm³/mol. The van der Waals surface area contributed by atoms with E-state index >= 15 is 0 Å². The summed E-state index contributed by atoms with van der Waals surface area (Å²) >= 11 is 0. The van der Waals surface area contributed by atoms with E-state index in [-0.39, 0.29) is 24.9 Å². The zero-order chi connectivity index (χ0) is 29.5. The number of hydrogen-bond acceptors (Lipinski definition) is 6. The van der Waals surface area contributed by atoms with Gasteiger partial charge in [-0.05, 0) is 48.1 Å². The Morgan fingerprint density at radius 3 is 2.38 bits per heavy atom. The highest BCUT2D eigenvalue weighted by atomic mass is 16.4. The van der Waals surface area contributed by atoms with Gasteiger partial charge in [0.1, 0.15) is 17.6 Å². The first-order chi connectivity index (χ1) is 20.4. The van der Waals surface area contributed by atoms with Gasteiger partial charge in [0.2, 0.25) is 11.8 Å². The van der Waals surface area contributed by atoms with Crippen LogP contribution in [-0.2, 0) is 36.1 Å². The van der Waals surface area contributed by atoms with Crippen molar-refractivity contribution < 1.29 is 19.5 Å². The quantitative estimate of drug-likeness (QED) is 0.218. The monoisotopic (exact) mass is 569 g/mol. The Morgan fingerprint density at radius 2 is 1.67 bits per heavy atom. The first-order valence-electron chi connectivity index (χ1n) is 14.0. The van der Waals surface area contributed by atoms with Crippen LogP contribution in [0, 0.1) is 0 Å². The van der Waals surface area contributed by atoms with Crippen LogP contribution in [0.5, 0.6) is 0 Å². The second-order valence-corrected chi connectivity index (χ2v) is 10.6. The molecule has 1 aromatic heterocycles. The molecule has 2 heterocycles. The van der Waals surface area contributed by atoms with Crippen LogP contribution in [0.4, 0.5) is 4.79 Å². The number of amides is 3. The van der Waals surface area contributed by atoms with Crippen LogP contribution in [0.25, 0.3) is 11.0 Å². The Bertz CT molecular complexity index is 1530. The Kier molecular flexibility index (Phi) is 9.08. The molecule has 0 spiro atoms. The number of carbonyl (C=O) groups is 3. The Morgan fingerprint density at radius 1 is 0.952 bits per heavy atom. The fraction of sp³-hybridized carbons (Fsp3) is 0.323. The standard InChI is InChI=1S/C31H35N7O4/c1-37-27-15-13-23(16-26(27)35-36-37)19-33-29(39)28-17-24(32-18-22-10-6-3-7-11-22)20-38(28)30(40)25(34-31(41)42)14-12-21-8-4-2-5-9-21/h2-11,13,15-16,24-25,28,32,34H,12,14,17-20H2,1H3,(H,33,39)(H,41,42)/t24-,25+,28-/m0/s1. The molecular weight excluding hydrogens is 534 g/mol. The molecule has 1 aliphatic rings. The highest BCUT2D eigenvalue weighted by Gasteiger charge is 2.41. The summed E-state index contributed by atoms with van der Waals surface area (Å²) < 4.78 is 1.68. The van der Waals surface area contributed by atoms with E-state index in [1.54, 1.807) is 4.68 Å². The first kappa shape index (κ1) is 28.7. The third-order valence-electron chi connectivity index (χ3n) is 7.63. The summed E-state index contributed by atoms with van der Waals surface area (Å²) in [6, 6.07) is 23.3. The van der Waals surface area contributed by atoms with Crippen LogP contribution in [0.1, 0.15) is 29.5 Å². The molecule has 0 radical (unpaired) electrons. The molecule has 11 heteroatoms. The van der Waals surface area contributed by atoms with Crippen molar-refractivity contribution in [1.29, 1.82) is 0 Å². The van der Waals surface area contributed by atoms with E-state index in [0.29, 0.717) is 25.9 Å². The minimum absolute atomic E-state index is 0.138. The molecule has 5 rings (SSSR count). The van der Waals surface area contributed by atoms with Crippen molar-refractivity contribution in [3.8, 4) is 0 Å². The molecule has 218 valence electrons. The van der Waals surface area contributed by atoms with Gasteiger partial charge in [0.05, 0.1) is 5.52 Å². The summed E-state index contributed by atoms with van der Waals surface area (Å²) in [6.07, 6.45) is -0.0745. The molecule has 4 N–H and O–H groups in total. The predicted octanol–water partition coefficient (Wildman–Crippen LogP) is 2.61. The minimum Gasteiger partial charge on any atom is -0.465 e. The molecule has 1 fully saturated rings. The number of nitrogens with one attached hydrogen (secondary N) is 3. The minimum atomic E-state index is -1.28. The van der Waals surface area contributed by atoms with Crippen molar-refractivity contribution in [1.82, 2.24) is 35.8 Å². The van der Waals surface area contributed by atoms with E-state index in [9.17, 15) is 19.5 Å². The Labute approximate surface area is 243 Å². The number of carboxylic acid groups (broad SMARTS) is 1. The van der Waals surface area contributed by atoms with Crippen molar-refractivity contribution in [3.63, 3.8) is 0 Å². The summed E-state index contributed by atoms with van der Waals surface area (Å²) in [5.41, 5.74) is 4.57. The molecule has 0 unspecified atom stereocenters. The molecule has 3 amide bonds. The fourth-order valence-corrected chi connectivity index (χ4v) is 5.40. The lowest BCUT2D eigenvalue weighted by molar-refractivity contribution is -0.140. The smallest absolute Gasteiger partial charge is 0.405 e. The second kappa shape index (κ2) is 13.3. The van der Waals surface area contributed by atoms with Crippen molar-refractivity contribution >= 4 is 28.9 Å². The van der Waals surface area contributed by atoms with Crippen LogP contribution in [0.15, 0.2) is 78.9 Å². The Hall–Kier alpha value is -4.77. The van der Waals surface area contributed by atoms with Crippen molar-refractivity contribution in [2.75, 3.05) is 6.54 Å². The molecule has 4 aromatic rings. The number of carbonyl (C=O) groups excluding carboxylic acids is 2. The van der Waals surface area contributed by atoms with E-state index in [4.69, 9.17) is 0 Å². The van der Waals surface area contributed by atoms with Crippen LogP contribution in [0.2, 0.25) is 0 Å². The summed E-state index contributed by atoms with van der Waals surface area (Å²) in [4.78, 5) is 40.6. The van der Waals surface area contributed by atoms with Gasteiger partial charge in [0.15, 0.2) is 0 Å². The van der Waals surface area contributed by atoms with Crippen LogP contribution in [0.3, 0.4) is 0 Å². The normalized spacial score (nSPS) is 17.2. The van der Waals surface area contributed by atoms with Gasteiger partial charge in [0, 0.05) is 32.7 Å². The van der Waals surface area contributed by atoms with Gasteiger partial charge in [-0.1, -0.05) is 71.9 Å². The number of aryl methyl sites for hydroxylation is 2. The third kappa shape index (κ3) is 7.10. The van der Waals surface area contributed by atoms with E-state index < -0.39 is 24.1 Å². The molecule has 3 atom stereocenters. The topological polar surface area (TPSA) is 141 Å². The lowest BCUT2D eigenvalue weighted by Crippen LogP contribution is -2.53. The molecule has 1 aliphatic heterocycles. The Balaban J connectivity index is 1.30. The number of aromatic nitrogens is 3. The number of benzene rings is 3. The zero-order valence-corrected chi connectivity index (χ0v) is 23.4. The van der Waals surface area contributed by atoms with Gasteiger partial charge in [0.25, 0.3) is 0 Å². The number of fused-ring (bicyclic) bond motifs is 1.